The van der Waals surface area contributed by atoms with Gasteiger partial charge < -0.3 is 5.73 Å². The molecule has 0 aromatic carbocycles. The monoisotopic (exact) mass is 206 g/mol. The van der Waals surface area contributed by atoms with Gasteiger partial charge in [0, 0.05) is 6.20 Å². The van der Waals surface area contributed by atoms with E-state index in [0.29, 0.717) is 11.2 Å². The zero-order valence-electron chi connectivity index (χ0n) is 10.5. The van der Waals surface area contributed by atoms with Gasteiger partial charge in [-0.25, -0.2) is 4.98 Å². The smallest absolute Gasteiger partial charge is 0.127 e. The van der Waals surface area contributed by atoms with Gasteiger partial charge in [-0.05, 0) is 28.9 Å². The number of pyridine rings is 1. The summed E-state index contributed by atoms with van der Waals surface area (Å²) in [4.78, 5) is 4.15. The molecule has 0 unspecified atom stereocenters. The summed E-state index contributed by atoms with van der Waals surface area (Å²) < 4.78 is 0. The van der Waals surface area contributed by atoms with E-state index in [0.717, 1.165) is 12.0 Å². The molecule has 2 heteroatoms. The van der Waals surface area contributed by atoms with Crippen LogP contribution < -0.4 is 5.73 Å². The maximum atomic E-state index is 5.91. The average Bonchev–Trinajstić information content (AvgIpc) is 1.99. The fourth-order valence-electron chi connectivity index (χ4n) is 2.41. The predicted octanol–water partition coefficient (Wildman–Crippen LogP) is 3.38. The van der Waals surface area contributed by atoms with E-state index in [2.05, 4.69) is 45.7 Å². The Morgan fingerprint density at radius 1 is 1.20 bits per heavy atom. The van der Waals surface area contributed by atoms with Crippen molar-refractivity contribution in [3.63, 3.8) is 0 Å². The molecule has 0 spiro atoms. The fraction of sp³-hybridized carbons (Fsp3) is 0.615. The summed E-state index contributed by atoms with van der Waals surface area (Å²) in [6, 6.07) is 4.03. The number of rotatable bonds is 2. The molecule has 2 N–H and O–H groups in total. The van der Waals surface area contributed by atoms with Crippen LogP contribution in [0.4, 0.5) is 5.82 Å². The van der Waals surface area contributed by atoms with Gasteiger partial charge in [-0.3, -0.25) is 0 Å². The fourth-order valence-corrected chi connectivity index (χ4v) is 2.41. The summed E-state index contributed by atoms with van der Waals surface area (Å²) in [5, 5.41) is 0. The third kappa shape index (κ3) is 3.22. The van der Waals surface area contributed by atoms with Crippen LogP contribution in [-0.2, 0) is 5.41 Å². The van der Waals surface area contributed by atoms with Crippen LogP contribution in [0.2, 0.25) is 0 Å². The third-order valence-electron chi connectivity index (χ3n) is 2.54. The first-order valence-electron chi connectivity index (χ1n) is 5.43. The van der Waals surface area contributed by atoms with Crippen LogP contribution in [-0.4, -0.2) is 4.98 Å². The third-order valence-corrected chi connectivity index (χ3v) is 2.54. The largest absolute Gasteiger partial charge is 0.383 e. The van der Waals surface area contributed by atoms with Crippen LogP contribution in [0.1, 0.15) is 46.6 Å². The lowest BCUT2D eigenvalue weighted by atomic mass is 9.72. The Hall–Kier alpha value is -1.05. The lowest BCUT2D eigenvalue weighted by molar-refractivity contribution is 0.284. The normalized spacial score (nSPS) is 12.9. The molecule has 0 bridgehead atoms. The molecule has 1 aromatic rings. The molecular weight excluding hydrogens is 184 g/mol. The number of nitrogens with zero attached hydrogens (tertiary/aromatic N) is 1. The summed E-state index contributed by atoms with van der Waals surface area (Å²) >= 11 is 0. The van der Waals surface area contributed by atoms with Crippen LogP contribution in [0.25, 0.3) is 0 Å². The van der Waals surface area contributed by atoms with Crippen LogP contribution in [0.15, 0.2) is 18.3 Å². The van der Waals surface area contributed by atoms with Gasteiger partial charge in [0.2, 0.25) is 0 Å². The molecule has 1 heterocycles. The van der Waals surface area contributed by atoms with Gasteiger partial charge >= 0.3 is 0 Å². The van der Waals surface area contributed by atoms with E-state index in [1.54, 1.807) is 6.20 Å². The van der Waals surface area contributed by atoms with Gasteiger partial charge in [-0.2, -0.15) is 0 Å². The Morgan fingerprint density at radius 2 is 1.80 bits per heavy atom. The van der Waals surface area contributed by atoms with Crippen molar-refractivity contribution >= 4 is 5.82 Å². The van der Waals surface area contributed by atoms with Crippen molar-refractivity contribution in [1.29, 1.82) is 0 Å². The highest BCUT2D eigenvalue weighted by molar-refractivity contribution is 5.43. The van der Waals surface area contributed by atoms with E-state index >= 15 is 0 Å². The highest BCUT2D eigenvalue weighted by atomic mass is 14.8. The zero-order valence-corrected chi connectivity index (χ0v) is 10.5. The molecule has 2 nitrogen and oxygen atoms in total. The molecule has 1 rings (SSSR count). The average molecular weight is 206 g/mol. The van der Waals surface area contributed by atoms with Gasteiger partial charge in [0.15, 0.2) is 0 Å². The first kappa shape index (κ1) is 12.0. The Kier molecular flexibility index (Phi) is 3.08. The summed E-state index contributed by atoms with van der Waals surface area (Å²) in [5.41, 5.74) is 7.44. The molecule has 0 amide bonds. The molecular formula is C13H22N2. The molecule has 0 aliphatic rings. The number of aromatic nitrogens is 1. The highest BCUT2D eigenvalue weighted by Gasteiger charge is 2.28. The number of nitrogen functional groups attached to an aromatic ring is 1. The number of hydrogen-bond acceptors (Lipinski definition) is 2. The Morgan fingerprint density at radius 3 is 2.27 bits per heavy atom. The molecule has 0 fully saturated rings. The summed E-state index contributed by atoms with van der Waals surface area (Å²) in [6.45, 7) is 11.2. The maximum absolute atomic E-state index is 5.91. The topological polar surface area (TPSA) is 38.9 Å². The van der Waals surface area contributed by atoms with Crippen molar-refractivity contribution in [1.82, 2.24) is 4.98 Å². The number of hydrogen-bond donors (Lipinski definition) is 1. The first-order valence-corrected chi connectivity index (χ1v) is 5.43. The highest BCUT2D eigenvalue weighted by Crippen LogP contribution is 2.37. The molecule has 1 aromatic heterocycles. The van der Waals surface area contributed by atoms with Gasteiger partial charge in [-0.15, -0.1) is 0 Å². The Balaban J connectivity index is 3.01. The quantitative estimate of drug-likeness (QED) is 0.805. The zero-order chi connectivity index (χ0) is 11.7. The van der Waals surface area contributed by atoms with Crippen molar-refractivity contribution in [3.05, 3.63) is 23.9 Å². The minimum absolute atomic E-state index is 0.0800. The van der Waals surface area contributed by atoms with Crippen LogP contribution in [0.5, 0.6) is 0 Å². The molecule has 0 saturated heterocycles. The second kappa shape index (κ2) is 3.84. The second-order valence-electron chi connectivity index (χ2n) is 6.06. The van der Waals surface area contributed by atoms with Crippen molar-refractivity contribution in [2.45, 2.75) is 46.5 Å². The van der Waals surface area contributed by atoms with Gasteiger partial charge in [-0.1, -0.05) is 40.7 Å². The van der Waals surface area contributed by atoms with Crippen LogP contribution >= 0.6 is 0 Å². The number of anilines is 1. The Bertz CT molecular complexity index is 335. The first-order chi connectivity index (χ1) is 6.72. The van der Waals surface area contributed by atoms with E-state index in [-0.39, 0.29) is 5.41 Å². The van der Waals surface area contributed by atoms with E-state index in [1.807, 2.05) is 6.07 Å². The van der Waals surface area contributed by atoms with Crippen molar-refractivity contribution < 1.29 is 0 Å². The second-order valence-corrected chi connectivity index (χ2v) is 6.06. The van der Waals surface area contributed by atoms with E-state index in [4.69, 9.17) is 5.73 Å². The van der Waals surface area contributed by atoms with Crippen molar-refractivity contribution in [3.8, 4) is 0 Å². The minimum Gasteiger partial charge on any atom is -0.383 e. The lowest BCUT2D eigenvalue weighted by Gasteiger charge is -2.33. The van der Waals surface area contributed by atoms with E-state index < -0.39 is 0 Å². The van der Waals surface area contributed by atoms with Gasteiger partial charge in [0.05, 0.1) is 0 Å². The predicted molar refractivity (Wildman–Crippen MR) is 65.7 cm³/mol. The van der Waals surface area contributed by atoms with Crippen LogP contribution in [0, 0.1) is 5.41 Å². The molecule has 0 saturated carbocycles. The SMILES string of the molecule is CC(C)(C)CC(C)(C)c1cccnc1N. The molecule has 0 radical (unpaired) electrons. The van der Waals surface area contributed by atoms with Crippen LogP contribution in [0.3, 0.4) is 0 Å². The number of nitrogens with two attached hydrogens (primary N) is 1. The summed E-state index contributed by atoms with van der Waals surface area (Å²) in [5.74, 6) is 0.659. The van der Waals surface area contributed by atoms with Crippen molar-refractivity contribution in [2.24, 2.45) is 5.41 Å². The lowest BCUT2D eigenvalue weighted by Crippen LogP contribution is -2.26. The van der Waals surface area contributed by atoms with Crippen molar-refractivity contribution in [2.75, 3.05) is 5.73 Å². The van der Waals surface area contributed by atoms with Gasteiger partial charge in [0.1, 0.15) is 5.82 Å². The maximum Gasteiger partial charge on any atom is 0.127 e. The summed E-state index contributed by atoms with van der Waals surface area (Å²) in [7, 11) is 0. The summed E-state index contributed by atoms with van der Waals surface area (Å²) in [6.07, 6.45) is 2.84. The molecule has 0 aliphatic heterocycles. The molecule has 0 atom stereocenters. The molecule has 15 heavy (non-hydrogen) atoms. The van der Waals surface area contributed by atoms with E-state index in [9.17, 15) is 0 Å². The minimum atomic E-state index is 0.0800. The molecule has 84 valence electrons. The standard InChI is InChI=1S/C13H22N2/c1-12(2,3)9-13(4,5)10-7-6-8-15-11(10)14/h6-8H,9H2,1-5H3,(H2,14,15). The molecule has 0 aliphatic carbocycles. The Labute approximate surface area is 92.9 Å². The van der Waals surface area contributed by atoms with Gasteiger partial charge in [0.25, 0.3) is 0 Å². The van der Waals surface area contributed by atoms with E-state index in [1.165, 1.54) is 0 Å².